The Hall–Kier alpha value is -1.55. The van der Waals surface area contributed by atoms with Gasteiger partial charge < -0.3 is 15.2 Å². The molecule has 0 spiro atoms. The summed E-state index contributed by atoms with van der Waals surface area (Å²) in [4.78, 5) is 11.6. The molecular weight excluding hydrogens is 218 g/mol. The average molecular weight is 237 g/mol. The van der Waals surface area contributed by atoms with Crippen LogP contribution in [-0.2, 0) is 0 Å². The second kappa shape index (κ2) is 6.91. The highest BCUT2D eigenvalue weighted by Crippen LogP contribution is 2.12. The number of nitrogens with one attached hydrogen (secondary N) is 1. The predicted octanol–water partition coefficient (Wildman–Crippen LogP) is 1.59. The summed E-state index contributed by atoms with van der Waals surface area (Å²) in [6.07, 6.45) is 0.419. The molecule has 4 nitrogen and oxygen atoms in total. The second-order valence-electron chi connectivity index (χ2n) is 3.93. The Morgan fingerprint density at radius 2 is 2.06 bits per heavy atom. The quantitative estimate of drug-likeness (QED) is 0.790. The zero-order chi connectivity index (χ0) is 12.7. The predicted molar refractivity (Wildman–Crippen MR) is 66.2 cm³/mol. The normalized spacial score (nSPS) is 11.9. The zero-order valence-electron chi connectivity index (χ0n) is 10.3. The Kier molecular flexibility index (Phi) is 5.49. The van der Waals surface area contributed by atoms with Gasteiger partial charge in [-0.05, 0) is 37.6 Å². The summed E-state index contributed by atoms with van der Waals surface area (Å²) in [5.41, 5.74) is 0.564. The van der Waals surface area contributed by atoms with Crippen LogP contribution in [0.15, 0.2) is 24.3 Å². The molecular formula is C13H19NO3. The third-order valence-corrected chi connectivity index (χ3v) is 2.15. The largest absolute Gasteiger partial charge is 0.494 e. The van der Waals surface area contributed by atoms with Crippen LogP contribution in [-0.4, -0.2) is 30.3 Å². The Bertz CT molecular complexity index is 346. The Balaban J connectivity index is 2.51. The minimum absolute atomic E-state index is 0.187. The van der Waals surface area contributed by atoms with Crippen molar-refractivity contribution in [3.63, 3.8) is 0 Å². The van der Waals surface area contributed by atoms with Crippen LogP contribution in [0.4, 0.5) is 0 Å². The van der Waals surface area contributed by atoms with Crippen molar-refractivity contribution < 1.29 is 14.6 Å². The molecule has 1 amide bonds. The smallest absolute Gasteiger partial charge is 0.251 e. The first-order chi connectivity index (χ1) is 8.13. The number of benzene rings is 1. The third kappa shape index (κ3) is 4.87. The zero-order valence-corrected chi connectivity index (χ0v) is 10.3. The molecule has 0 saturated carbocycles. The fourth-order valence-corrected chi connectivity index (χ4v) is 1.26. The van der Waals surface area contributed by atoms with Crippen LogP contribution in [0.3, 0.4) is 0 Å². The molecule has 0 radical (unpaired) electrons. The molecule has 0 saturated heterocycles. The Labute approximate surface area is 102 Å². The summed E-state index contributed by atoms with van der Waals surface area (Å²) in [6, 6.07) is 6.96. The van der Waals surface area contributed by atoms with Crippen LogP contribution < -0.4 is 10.1 Å². The number of aliphatic hydroxyl groups is 1. The molecule has 94 valence electrons. The lowest BCUT2D eigenvalue weighted by Crippen LogP contribution is -2.30. The molecule has 1 rings (SSSR count). The molecule has 0 heterocycles. The number of hydrogen-bond donors (Lipinski definition) is 2. The van der Waals surface area contributed by atoms with E-state index in [9.17, 15) is 4.79 Å². The molecule has 0 aliphatic carbocycles. The summed E-state index contributed by atoms with van der Waals surface area (Å²) in [7, 11) is 0. The number of ether oxygens (including phenoxy) is 1. The van der Waals surface area contributed by atoms with E-state index in [0.717, 1.165) is 12.2 Å². The number of carbonyl (C=O) groups is 1. The Morgan fingerprint density at radius 3 is 2.59 bits per heavy atom. The van der Waals surface area contributed by atoms with Crippen molar-refractivity contribution in [2.75, 3.05) is 13.2 Å². The molecule has 0 bridgehead atoms. The van der Waals surface area contributed by atoms with Crippen LogP contribution in [0.5, 0.6) is 5.75 Å². The minimum atomic E-state index is -0.536. The first-order valence-corrected chi connectivity index (χ1v) is 5.82. The standard InChI is InChI=1S/C13H19NO3/c1-3-8-17-12-6-4-11(5-7-12)13(16)14-9-10(2)15/h4-7,10,15H,3,8-9H2,1-2H3,(H,14,16)/t10-/m1/s1. The number of carbonyl (C=O) groups excluding carboxylic acids is 1. The Morgan fingerprint density at radius 1 is 1.41 bits per heavy atom. The van der Waals surface area contributed by atoms with Crippen molar-refractivity contribution in [3.8, 4) is 5.75 Å². The highest BCUT2D eigenvalue weighted by atomic mass is 16.5. The minimum Gasteiger partial charge on any atom is -0.494 e. The number of rotatable bonds is 6. The van der Waals surface area contributed by atoms with E-state index in [1.165, 1.54) is 0 Å². The summed E-state index contributed by atoms with van der Waals surface area (Å²) >= 11 is 0. The lowest BCUT2D eigenvalue weighted by atomic mass is 10.2. The third-order valence-electron chi connectivity index (χ3n) is 2.15. The second-order valence-corrected chi connectivity index (χ2v) is 3.93. The van der Waals surface area contributed by atoms with E-state index in [1.54, 1.807) is 31.2 Å². The van der Waals surface area contributed by atoms with Crippen molar-refractivity contribution in [2.24, 2.45) is 0 Å². The van der Waals surface area contributed by atoms with E-state index in [4.69, 9.17) is 9.84 Å². The number of aliphatic hydroxyl groups excluding tert-OH is 1. The van der Waals surface area contributed by atoms with E-state index in [-0.39, 0.29) is 12.5 Å². The van der Waals surface area contributed by atoms with Gasteiger partial charge in [0.15, 0.2) is 0 Å². The van der Waals surface area contributed by atoms with Crippen molar-refractivity contribution >= 4 is 5.91 Å². The van der Waals surface area contributed by atoms with Gasteiger partial charge in [-0.1, -0.05) is 6.92 Å². The lowest BCUT2D eigenvalue weighted by Gasteiger charge is -2.08. The van der Waals surface area contributed by atoms with E-state index in [0.29, 0.717) is 12.2 Å². The molecule has 0 fully saturated rings. The maximum Gasteiger partial charge on any atom is 0.251 e. The van der Waals surface area contributed by atoms with Crippen LogP contribution >= 0.6 is 0 Å². The molecule has 0 aliphatic heterocycles. The van der Waals surface area contributed by atoms with Crippen LogP contribution in [0.25, 0.3) is 0 Å². The molecule has 1 aromatic rings. The lowest BCUT2D eigenvalue weighted by molar-refractivity contribution is 0.0924. The van der Waals surface area contributed by atoms with Gasteiger partial charge in [0.1, 0.15) is 5.75 Å². The van der Waals surface area contributed by atoms with E-state index < -0.39 is 6.10 Å². The molecule has 2 N–H and O–H groups in total. The van der Waals surface area contributed by atoms with Gasteiger partial charge in [-0.15, -0.1) is 0 Å². The molecule has 4 heteroatoms. The number of amides is 1. The van der Waals surface area contributed by atoms with Gasteiger partial charge in [0, 0.05) is 12.1 Å². The van der Waals surface area contributed by atoms with Gasteiger partial charge >= 0.3 is 0 Å². The van der Waals surface area contributed by atoms with Crippen molar-refractivity contribution in [2.45, 2.75) is 26.4 Å². The first kappa shape index (κ1) is 13.5. The topological polar surface area (TPSA) is 58.6 Å². The SMILES string of the molecule is CCCOc1ccc(C(=O)NC[C@@H](C)O)cc1. The maximum absolute atomic E-state index is 11.6. The van der Waals surface area contributed by atoms with Gasteiger partial charge in [0.25, 0.3) is 5.91 Å². The van der Waals surface area contributed by atoms with E-state index in [1.807, 2.05) is 6.92 Å². The summed E-state index contributed by atoms with van der Waals surface area (Å²) in [5, 5.41) is 11.7. The van der Waals surface area contributed by atoms with E-state index >= 15 is 0 Å². The molecule has 0 aromatic heterocycles. The van der Waals surface area contributed by atoms with Crippen molar-refractivity contribution in [1.82, 2.24) is 5.32 Å². The van der Waals surface area contributed by atoms with Gasteiger partial charge in [0.2, 0.25) is 0 Å². The van der Waals surface area contributed by atoms with E-state index in [2.05, 4.69) is 5.32 Å². The van der Waals surface area contributed by atoms with Crippen LogP contribution in [0.1, 0.15) is 30.6 Å². The highest BCUT2D eigenvalue weighted by molar-refractivity contribution is 5.94. The molecule has 1 aromatic carbocycles. The average Bonchev–Trinajstić information content (AvgIpc) is 2.34. The first-order valence-electron chi connectivity index (χ1n) is 5.82. The van der Waals surface area contributed by atoms with Gasteiger partial charge in [0.05, 0.1) is 12.7 Å². The number of hydrogen-bond acceptors (Lipinski definition) is 3. The fourth-order valence-electron chi connectivity index (χ4n) is 1.26. The van der Waals surface area contributed by atoms with Crippen LogP contribution in [0.2, 0.25) is 0 Å². The molecule has 0 unspecified atom stereocenters. The monoisotopic (exact) mass is 237 g/mol. The van der Waals surface area contributed by atoms with Crippen molar-refractivity contribution in [3.05, 3.63) is 29.8 Å². The molecule has 1 atom stereocenters. The molecule has 0 aliphatic rings. The molecule has 17 heavy (non-hydrogen) atoms. The van der Waals surface area contributed by atoms with Crippen LogP contribution in [0, 0.1) is 0 Å². The maximum atomic E-state index is 11.6. The van der Waals surface area contributed by atoms with Crippen molar-refractivity contribution in [1.29, 1.82) is 0 Å². The highest BCUT2D eigenvalue weighted by Gasteiger charge is 2.06. The van der Waals surface area contributed by atoms with Gasteiger partial charge in [-0.3, -0.25) is 4.79 Å². The summed E-state index contributed by atoms with van der Waals surface area (Å²) < 4.78 is 5.42. The summed E-state index contributed by atoms with van der Waals surface area (Å²) in [6.45, 7) is 4.60. The fraction of sp³-hybridized carbons (Fsp3) is 0.462. The van der Waals surface area contributed by atoms with Gasteiger partial charge in [-0.2, -0.15) is 0 Å². The van der Waals surface area contributed by atoms with Gasteiger partial charge in [-0.25, -0.2) is 0 Å². The summed E-state index contributed by atoms with van der Waals surface area (Å²) in [5.74, 6) is 0.576.